The fourth-order valence-electron chi connectivity index (χ4n) is 3.56. The van der Waals surface area contributed by atoms with E-state index in [9.17, 15) is 0 Å². The van der Waals surface area contributed by atoms with Crippen LogP contribution in [-0.2, 0) is 17.7 Å². The summed E-state index contributed by atoms with van der Waals surface area (Å²) in [5.74, 6) is 1.47. The fraction of sp³-hybridized carbons (Fsp3) is 0.400. The van der Waals surface area contributed by atoms with Crippen LogP contribution in [0.5, 0.6) is 5.75 Å². The molecule has 7 nitrogen and oxygen atoms in total. The normalized spacial score (nSPS) is 16.9. The van der Waals surface area contributed by atoms with Gasteiger partial charge in [-0.15, -0.1) is 0 Å². The molecule has 1 fully saturated rings. The van der Waals surface area contributed by atoms with Gasteiger partial charge in [0.25, 0.3) is 0 Å². The number of nitrogens with two attached hydrogens (primary N) is 2. The number of hydrogen-bond acceptors (Lipinski definition) is 6. The summed E-state index contributed by atoms with van der Waals surface area (Å²) >= 11 is 0. The number of rotatable bonds is 6. The number of ether oxygens (including phenoxy) is 2. The number of hydrogen-bond donors (Lipinski definition) is 2. The van der Waals surface area contributed by atoms with E-state index < -0.39 is 0 Å². The number of aryl methyl sites for hydroxylation is 1. The summed E-state index contributed by atoms with van der Waals surface area (Å²) < 4.78 is 14.1. The molecule has 1 atom stereocenters. The average Bonchev–Trinajstić information content (AvgIpc) is 3.31. The van der Waals surface area contributed by atoms with Gasteiger partial charge in [-0.3, -0.25) is 0 Å². The average molecular weight is 367 g/mol. The summed E-state index contributed by atoms with van der Waals surface area (Å²) in [6, 6.07) is 6.36. The van der Waals surface area contributed by atoms with Crippen LogP contribution in [0.25, 0.3) is 10.9 Å². The van der Waals surface area contributed by atoms with Crippen molar-refractivity contribution in [1.29, 1.82) is 0 Å². The van der Waals surface area contributed by atoms with Gasteiger partial charge in [0.2, 0.25) is 5.95 Å². The van der Waals surface area contributed by atoms with Crippen molar-refractivity contribution in [2.24, 2.45) is 0 Å². The smallest absolute Gasteiger partial charge is 0.221 e. The molecule has 4 N–H and O–H groups in total. The predicted octanol–water partition coefficient (Wildman–Crippen LogP) is 2.76. The van der Waals surface area contributed by atoms with Gasteiger partial charge in [0.15, 0.2) is 0 Å². The highest BCUT2D eigenvalue weighted by molar-refractivity contribution is 5.87. The van der Waals surface area contributed by atoms with Crippen molar-refractivity contribution in [3.8, 4) is 5.75 Å². The second-order valence-electron chi connectivity index (χ2n) is 6.89. The lowest BCUT2D eigenvalue weighted by molar-refractivity contribution is 0.0684. The quantitative estimate of drug-likeness (QED) is 0.695. The Kier molecular flexibility index (Phi) is 4.85. The topological polar surface area (TPSA) is 101 Å². The van der Waals surface area contributed by atoms with Gasteiger partial charge in [0, 0.05) is 42.9 Å². The van der Waals surface area contributed by atoms with E-state index >= 15 is 0 Å². The molecular formula is C20H25N5O2. The van der Waals surface area contributed by atoms with Crippen LogP contribution in [-0.4, -0.2) is 33.9 Å². The van der Waals surface area contributed by atoms with Crippen LogP contribution in [0.4, 0.5) is 11.8 Å². The first-order valence-corrected chi connectivity index (χ1v) is 9.37. The lowest BCUT2D eigenvalue weighted by Gasteiger charge is -2.15. The maximum atomic E-state index is 6.17. The number of benzene rings is 1. The van der Waals surface area contributed by atoms with Gasteiger partial charge in [-0.25, -0.2) is 4.98 Å². The Morgan fingerprint density at radius 1 is 1.33 bits per heavy atom. The molecule has 3 aromatic rings. The first kappa shape index (κ1) is 17.6. The van der Waals surface area contributed by atoms with Gasteiger partial charge >= 0.3 is 0 Å². The molecule has 1 aromatic carbocycles. The highest BCUT2D eigenvalue weighted by Crippen LogP contribution is 2.31. The van der Waals surface area contributed by atoms with Crippen molar-refractivity contribution in [1.82, 2.24) is 14.5 Å². The van der Waals surface area contributed by atoms with Gasteiger partial charge in [0.1, 0.15) is 18.2 Å². The van der Waals surface area contributed by atoms with Crippen molar-refractivity contribution < 1.29 is 9.47 Å². The lowest BCUT2D eigenvalue weighted by atomic mass is 10.0. The summed E-state index contributed by atoms with van der Waals surface area (Å²) in [6.45, 7) is 4.42. The number of nitrogens with zero attached hydrogens (tertiary/aromatic N) is 3. The van der Waals surface area contributed by atoms with E-state index in [1.54, 1.807) is 6.20 Å². The summed E-state index contributed by atoms with van der Waals surface area (Å²) in [4.78, 5) is 8.13. The molecule has 1 saturated heterocycles. The zero-order valence-corrected chi connectivity index (χ0v) is 15.5. The molecule has 0 saturated carbocycles. The van der Waals surface area contributed by atoms with Crippen LogP contribution >= 0.6 is 0 Å². The molecule has 0 amide bonds. The first-order valence-electron chi connectivity index (χ1n) is 9.37. The zero-order valence-electron chi connectivity index (χ0n) is 15.5. The number of anilines is 2. The molecular weight excluding hydrogens is 342 g/mol. The highest BCUT2D eigenvalue weighted by Gasteiger charge is 2.18. The molecule has 1 aliphatic rings. The number of nitrogen functional groups attached to an aromatic ring is 2. The Morgan fingerprint density at radius 2 is 2.22 bits per heavy atom. The van der Waals surface area contributed by atoms with E-state index in [4.69, 9.17) is 20.9 Å². The van der Waals surface area contributed by atoms with Gasteiger partial charge in [-0.2, -0.15) is 4.98 Å². The third-order valence-corrected chi connectivity index (χ3v) is 5.01. The summed E-state index contributed by atoms with van der Waals surface area (Å²) in [7, 11) is 0. The maximum absolute atomic E-state index is 6.17. The molecule has 1 unspecified atom stereocenters. The van der Waals surface area contributed by atoms with Crippen LogP contribution in [0.1, 0.15) is 30.9 Å². The molecule has 142 valence electrons. The fourth-order valence-corrected chi connectivity index (χ4v) is 3.56. The van der Waals surface area contributed by atoms with Crippen LogP contribution in [0, 0.1) is 0 Å². The minimum absolute atomic E-state index is 0.179. The molecule has 0 spiro atoms. The lowest BCUT2D eigenvalue weighted by Crippen LogP contribution is -2.16. The van der Waals surface area contributed by atoms with Crippen molar-refractivity contribution in [3.05, 3.63) is 41.7 Å². The molecule has 4 rings (SSSR count). The molecule has 0 radical (unpaired) electrons. The van der Waals surface area contributed by atoms with E-state index in [1.165, 1.54) is 0 Å². The summed E-state index contributed by atoms with van der Waals surface area (Å²) in [5.41, 5.74) is 14.7. The summed E-state index contributed by atoms with van der Waals surface area (Å²) in [5, 5.41) is 1.11. The molecule has 3 heterocycles. The van der Waals surface area contributed by atoms with E-state index in [-0.39, 0.29) is 12.1 Å². The Bertz CT molecular complexity index is 947. The van der Waals surface area contributed by atoms with Crippen LogP contribution in [0.3, 0.4) is 0 Å². The molecule has 7 heteroatoms. The van der Waals surface area contributed by atoms with Crippen LogP contribution in [0.2, 0.25) is 0 Å². The number of aromatic nitrogens is 3. The molecule has 0 bridgehead atoms. The molecule has 2 aromatic heterocycles. The van der Waals surface area contributed by atoms with E-state index in [1.807, 2.05) is 0 Å². The second-order valence-corrected chi connectivity index (χ2v) is 6.89. The van der Waals surface area contributed by atoms with Gasteiger partial charge in [0.05, 0.1) is 11.6 Å². The monoisotopic (exact) mass is 367 g/mol. The van der Waals surface area contributed by atoms with E-state index in [2.05, 4.69) is 45.9 Å². The standard InChI is InChI=1S/C20H25N5O2/c1-2-25-6-5-16-17(25)9-13(8-14-11-23-20(22)24-19(14)21)10-18(16)27-12-15-4-3-7-26-15/h5-6,9-11,15H,2-4,7-8,12H2,1H3,(H4,21,22,23,24). The predicted molar refractivity (Wildman–Crippen MR) is 106 cm³/mol. The minimum Gasteiger partial charge on any atom is -0.490 e. The second kappa shape index (κ2) is 7.44. The van der Waals surface area contributed by atoms with Crippen LogP contribution in [0.15, 0.2) is 30.6 Å². The van der Waals surface area contributed by atoms with Crippen molar-refractivity contribution in [3.63, 3.8) is 0 Å². The Balaban J connectivity index is 1.66. The van der Waals surface area contributed by atoms with Crippen LogP contribution < -0.4 is 16.2 Å². The third kappa shape index (κ3) is 3.68. The Labute approximate surface area is 158 Å². The van der Waals surface area contributed by atoms with Crippen molar-refractivity contribution in [2.45, 2.75) is 38.8 Å². The maximum Gasteiger partial charge on any atom is 0.221 e. The largest absolute Gasteiger partial charge is 0.490 e. The zero-order chi connectivity index (χ0) is 18.8. The molecule has 1 aliphatic heterocycles. The highest BCUT2D eigenvalue weighted by atomic mass is 16.5. The van der Waals surface area contributed by atoms with Gasteiger partial charge < -0.3 is 25.5 Å². The third-order valence-electron chi connectivity index (χ3n) is 5.01. The van der Waals surface area contributed by atoms with E-state index in [0.29, 0.717) is 18.8 Å². The van der Waals surface area contributed by atoms with Crippen molar-refractivity contribution >= 4 is 22.7 Å². The minimum atomic E-state index is 0.179. The molecule has 0 aliphatic carbocycles. The first-order chi connectivity index (χ1) is 13.1. The summed E-state index contributed by atoms with van der Waals surface area (Å²) in [6.07, 6.45) is 6.73. The van der Waals surface area contributed by atoms with Crippen molar-refractivity contribution in [2.75, 3.05) is 24.7 Å². The van der Waals surface area contributed by atoms with Gasteiger partial charge in [-0.1, -0.05) is 0 Å². The van der Waals surface area contributed by atoms with E-state index in [0.717, 1.165) is 53.8 Å². The molecule has 27 heavy (non-hydrogen) atoms. The van der Waals surface area contributed by atoms with Gasteiger partial charge in [-0.05, 0) is 43.5 Å². The Morgan fingerprint density at radius 3 is 2.96 bits per heavy atom. The Hall–Kier alpha value is -2.80. The SMILES string of the molecule is CCn1ccc2c(OCC3CCCO3)cc(Cc3cnc(N)nc3N)cc21. The number of fused-ring (bicyclic) bond motifs is 1.